The van der Waals surface area contributed by atoms with Gasteiger partial charge < -0.3 is 15.4 Å². The lowest BCUT2D eigenvalue weighted by molar-refractivity contribution is 0.0492. The molecular weight excluding hydrogens is 292 g/mol. The summed E-state index contributed by atoms with van der Waals surface area (Å²) in [5.74, 6) is 0. The van der Waals surface area contributed by atoms with Crippen molar-refractivity contribution in [3.63, 3.8) is 0 Å². The standard InChI is InChI=1S/C17H30N4O2/c1-12(2)21-11-15(10-18-21)19-13-7-6-8-14(9-13)20-16(22)23-17(3,4)5/h10-14,19H,6-9H2,1-5H3,(H,20,22). The van der Waals surface area contributed by atoms with Gasteiger partial charge in [-0.05, 0) is 60.3 Å². The molecule has 0 aliphatic heterocycles. The highest BCUT2D eigenvalue weighted by molar-refractivity contribution is 5.68. The van der Waals surface area contributed by atoms with E-state index in [4.69, 9.17) is 4.74 Å². The minimum atomic E-state index is -0.457. The molecule has 0 aromatic carbocycles. The Morgan fingerprint density at radius 3 is 2.65 bits per heavy atom. The topological polar surface area (TPSA) is 68.2 Å². The Hall–Kier alpha value is -1.72. The van der Waals surface area contributed by atoms with Crippen molar-refractivity contribution in [2.24, 2.45) is 0 Å². The van der Waals surface area contributed by atoms with E-state index in [1.54, 1.807) is 0 Å². The van der Waals surface area contributed by atoms with E-state index in [2.05, 4.69) is 29.6 Å². The van der Waals surface area contributed by atoms with Crippen molar-refractivity contribution < 1.29 is 9.53 Å². The molecule has 23 heavy (non-hydrogen) atoms. The van der Waals surface area contributed by atoms with Crippen LogP contribution < -0.4 is 10.6 Å². The second-order valence-electron chi connectivity index (χ2n) is 7.65. The number of nitrogens with zero attached hydrogens (tertiary/aromatic N) is 2. The molecule has 1 aromatic rings. The van der Waals surface area contributed by atoms with Crippen molar-refractivity contribution >= 4 is 11.8 Å². The highest BCUT2D eigenvalue weighted by atomic mass is 16.6. The monoisotopic (exact) mass is 322 g/mol. The smallest absolute Gasteiger partial charge is 0.407 e. The number of ether oxygens (including phenoxy) is 1. The Kier molecular flexibility index (Phi) is 5.55. The second-order valence-corrected chi connectivity index (χ2v) is 7.65. The molecule has 2 N–H and O–H groups in total. The average Bonchev–Trinajstić information content (AvgIpc) is 2.85. The quantitative estimate of drug-likeness (QED) is 0.886. The molecule has 2 rings (SSSR count). The predicted octanol–water partition coefficient (Wildman–Crippen LogP) is 3.71. The molecule has 0 spiro atoms. The highest BCUT2D eigenvalue weighted by Gasteiger charge is 2.25. The van der Waals surface area contributed by atoms with Gasteiger partial charge in [0.15, 0.2) is 0 Å². The maximum Gasteiger partial charge on any atom is 0.407 e. The van der Waals surface area contributed by atoms with Gasteiger partial charge in [0.1, 0.15) is 5.60 Å². The van der Waals surface area contributed by atoms with E-state index in [9.17, 15) is 4.79 Å². The molecule has 1 saturated carbocycles. The molecule has 130 valence electrons. The maximum atomic E-state index is 11.9. The van der Waals surface area contributed by atoms with Crippen LogP contribution in [0.3, 0.4) is 0 Å². The van der Waals surface area contributed by atoms with Gasteiger partial charge in [-0.25, -0.2) is 4.79 Å². The summed E-state index contributed by atoms with van der Waals surface area (Å²) in [6.07, 6.45) is 7.70. The molecule has 0 bridgehead atoms. The molecule has 6 heteroatoms. The van der Waals surface area contributed by atoms with Crippen LogP contribution in [0.2, 0.25) is 0 Å². The van der Waals surface area contributed by atoms with Crippen molar-refractivity contribution in [3.05, 3.63) is 12.4 Å². The second kappa shape index (κ2) is 7.23. The zero-order chi connectivity index (χ0) is 17.0. The van der Waals surface area contributed by atoms with Gasteiger partial charge in [0.2, 0.25) is 0 Å². The summed E-state index contributed by atoms with van der Waals surface area (Å²) in [6, 6.07) is 0.878. The van der Waals surface area contributed by atoms with Crippen molar-refractivity contribution in [2.45, 2.75) is 84.0 Å². The summed E-state index contributed by atoms with van der Waals surface area (Å²) in [5, 5.41) is 10.9. The largest absolute Gasteiger partial charge is 0.444 e. The van der Waals surface area contributed by atoms with E-state index < -0.39 is 5.60 Å². The summed E-state index contributed by atoms with van der Waals surface area (Å²) in [6.45, 7) is 9.86. The fraction of sp³-hybridized carbons (Fsp3) is 0.765. The van der Waals surface area contributed by atoms with Crippen LogP contribution in [-0.4, -0.2) is 33.6 Å². The molecule has 1 amide bonds. The summed E-state index contributed by atoms with van der Waals surface area (Å²) in [4.78, 5) is 11.9. The zero-order valence-electron chi connectivity index (χ0n) is 14.9. The molecule has 1 aliphatic carbocycles. The van der Waals surface area contributed by atoms with Gasteiger partial charge >= 0.3 is 6.09 Å². The third-order valence-electron chi connectivity index (χ3n) is 3.90. The van der Waals surface area contributed by atoms with Crippen LogP contribution in [0, 0.1) is 0 Å². The SMILES string of the molecule is CC(C)n1cc(NC2CCCC(NC(=O)OC(C)(C)C)C2)cn1. The number of amides is 1. The average molecular weight is 322 g/mol. The molecule has 0 saturated heterocycles. The van der Waals surface area contributed by atoms with E-state index in [-0.39, 0.29) is 12.1 Å². The molecule has 0 radical (unpaired) electrons. The third kappa shape index (κ3) is 5.77. The molecular formula is C17H30N4O2. The number of alkyl carbamates (subject to hydrolysis) is 1. The first-order chi connectivity index (χ1) is 10.7. The van der Waals surface area contributed by atoms with Crippen LogP contribution in [0.4, 0.5) is 10.5 Å². The first-order valence-corrected chi connectivity index (χ1v) is 8.53. The van der Waals surface area contributed by atoms with Crippen LogP contribution in [0.1, 0.15) is 66.3 Å². The normalized spacial score (nSPS) is 22.0. The van der Waals surface area contributed by atoms with Crippen molar-refractivity contribution in [1.29, 1.82) is 0 Å². The summed E-state index contributed by atoms with van der Waals surface area (Å²) < 4.78 is 7.29. The Labute approximate surface area is 139 Å². The lowest BCUT2D eigenvalue weighted by atomic mass is 9.91. The van der Waals surface area contributed by atoms with E-state index >= 15 is 0 Å². The van der Waals surface area contributed by atoms with Crippen molar-refractivity contribution in [2.75, 3.05) is 5.32 Å². The molecule has 2 unspecified atom stereocenters. The Morgan fingerprint density at radius 2 is 2.04 bits per heavy atom. The first-order valence-electron chi connectivity index (χ1n) is 8.53. The van der Waals surface area contributed by atoms with Crippen LogP contribution in [0.25, 0.3) is 0 Å². The molecule has 1 aromatic heterocycles. The molecule has 6 nitrogen and oxygen atoms in total. The number of aromatic nitrogens is 2. The summed E-state index contributed by atoms with van der Waals surface area (Å²) in [7, 11) is 0. The van der Waals surface area contributed by atoms with E-state index in [1.165, 1.54) is 0 Å². The minimum Gasteiger partial charge on any atom is -0.444 e. The van der Waals surface area contributed by atoms with Gasteiger partial charge in [-0.3, -0.25) is 4.68 Å². The first kappa shape index (κ1) is 17.6. The minimum absolute atomic E-state index is 0.163. The molecule has 1 heterocycles. The number of rotatable bonds is 4. The van der Waals surface area contributed by atoms with Crippen molar-refractivity contribution in [1.82, 2.24) is 15.1 Å². The number of hydrogen-bond acceptors (Lipinski definition) is 4. The van der Waals surface area contributed by atoms with Gasteiger partial charge in [-0.15, -0.1) is 0 Å². The fourth-order valence-electron chi connectivity index (χ4n) is 2.86. The lowest BCUT2D eigenvalue weighted by Gasteiger charge is -2.31. The van der Waals surface area contributed by atoms with Crippen LogP contribution >= 0.6 is 0 Å². The van der Waals surface area contributed by atoms with Gasteiger partial charge in [0, 0.05) is 24.3 Å². The number of carbonyl (C=O) groups is 1. The maximum absolute atomic E-state index is 11.9. The van der Waals surface area contributed by atoms with Crippen LogP contribution in [0.15, 0.2) is 12.4 Å². The Bertz CT molecular complexity index is 519. The van der Waals surface area contributed by atoms with Gasteiger partial charge in [0.05, 0.1) is 11.9 Å². The van der Waals surface area contributed by atoms with Gasteiger partial charge in [0.25, 0.3) is 0 Å². The highest BCUT2D eigenvalue weighted by Crippen LogP contribution is 2.23. The van der Waals surface area contributed by atoms with E-state index in [0.717, 1.165) is 31.4 Å². The van der Waals surface area contributed by atoms with Crippen LogP contribution in [-0.2, 0) is 4.74 Å². The number of carbonyl (C=O) groups excluding carboxylic acids is 1. The zero-order valence-corrected chi connectivity index (χ0v) is 14.9. The fourth-order valence-corrected chi connectivity index (χ4v) is 2.86. The van der Waals surface area contributed by atoms with E-state index in [0.29, 0.717) is 12.1 Å². The lowest BCUT2D eigenvalue weighted by Crippen LogP contribution is -2.43. The Morgan fingerprint density at radius 1 is 1.35 bits per heavy atom. The molecule has 1 aliphatic rings. The van der Waals surface area contributed by atoms with Gasteiger partial charge in [-0.1, -0.05) is 0 Å². The summed E-state index contributed by atoms with van der Waals surface area (Å²) in [5.41, 5.74) is 0.587. The Balaban J connectivity index is 1.84. The number of hydrogen-bond donors (Lipinski definition) is 2. The molecule has 2 atom stereocenters. The van der Waals surface area contributed by atoms with Gasteiger partial charge in [-0.2, -0.15) is 5.10 Å². The third-order valence-corrected chi connectivity index (χ3v) is 3.90. The number of anilines is 1. The van der Waals surface area contributed by atoms with Crippen molar-refractivity contribution in [3.8, 4) is 0 Å². The number of nitrogens with one attached hydrogen (secondary N) is 2. The predicted molar refractivity (Wildman–Crippen MR) is 91.6 cm³/mol. The summed E-state index contributed by atoms with van der Waals surface area (Å²) >= 11 is 0. The van der Waals surface area contributed by atoms with Crippen LogP contribution in [0.5, 0.6) is 0 Å². The van der Waals surface area contributed by atoms with E-state index in [1.807, 2.05) is 37.8 Å². The molecule has 1 fully saturated rings.